The maximum atomic E-state index is 12.6. The first-order valence-corrected chi connectivity index (χ1v) is 8.49. The van der Waals surface area contributed by atoms with Crippen molar-refractivity contribution in [2.45, 2.75) is 13.0 Å². The van der Waals surface area contributed by atoms with Crippen molar-refractivity contribution in [3.8, 4) is 11.3 Å². The van der Waals surface area contributed by atoms with E-state index in [0.717, 1.165) is 10.2 Å². The summed E-state index contributed by atoms with van der Waals surface area (Å²) in [6.45, 7) is 1.47. The van der Waals surface area contributed by atoms with E-state index in [1.54, 1.807) is 30.6 Å². The van der Waals surface area contributed by atoms with Crippen LogP contribution in [0.25, 0.3) is 11.3 Å². The molecule has 10 heteroatoms. The summed E-state index contributed by atoms with van der Waals surface area (Å²) < 4.78 is 1.02. The van der Waals surface area contributed by atoms with Crippen molar-refractivity contribution >= 4 is 28.9 Å². The molecule has 1 unspecified atom stereocenters. The first kappa shape index (κ1) is 19.2. The number of halogens is 1. The zero-order valence-corrected chi connectivity index (χ0v) is 15.3. The molecule has 2 aromatic heterocycles. The molecule has 3 aromatic rings. The number of aromatic nitrogens is 3. The van der Waals surface area contributed by atoms with Gasteiger partial charge in [0.05, 0.1) is 10.6 Å². The van der Waals surface area contributed by atoms with Gasteiger partial charge in [0.15, 0.2) is 0 Å². The molecule has 142 valence electrons. The van der Waals surface area contributed by atoms with E-state index in [0.29, 0.717) is 5.69 Å². The second-order valence-corrected chi connectivity index (χ2v) is 6.26. The molecule has 0 saturated carbocycles. The van der Waals surface area contributed by atoms with E-state index in [-0.39, 0.29) is 16.4 Å². The van der Waals surface area contributed by atoms with Crippen LogP contribution in [0.15, 0.2) is 59.7 Å². The lowest BCUT2D eigenvalue weighted by Crippen LogP contribution is -2.33. The number of amides is 1. The first-order chi connectivity index (χ1) is 13.4. The Labute approximate surface area is 163 Å². The number of carbonyl (C=O) groups is 1. The SMILES string of the molecule is CC(C(=O)Nc1cc(Cl)ccc1[N+](=O)[O-])n1nc(-c2ccncc2)ccc1=O. The van der Waals surface area contributed by atoms with Gasteiger partial charge in [-0.3, -0.25) is 24.7 Å². The van der Waals surface area contributed by atoms with E-state index < -0.39 is 22.4 Å². The van der Waals surface area contributed by atoms with Gasteiger partial charge in [-0.05, 0) is 37.3 Å². The topological polar surface area (TPSA) is 120 Å². The normalized spacial score (nSPS) is 11.6. The number of hydrogen-bond donors (Lipinski definition) is 1. The van der Waals surface area contributed by atoms with E-state index in [2.05, 4.69) is 15.4 Å². The summed E-state index contributed by atoms with van der Waals surface area (Å²) in [6.07, 6.45) is 3.17. The van der Waals surface area contributed by atoms with Crippen molar-refractivity contribution in [2.24, 2.45) is 0 Å². The van der Waals surface area contributed by atoms with Crippen molar-refractivity contribution in [1.29, 1.82) is 0 Å². The number of nitro benzene ring substituents is 1. The van der Waals surface area contributed by atoms with Gasteiger partial charge in [-0.15, -0.1) is 0 Å². The molecule has 0 aliphatic rings. The lowest BCUT2D eigenvalue weighted by Gasteiger charge is -2.15. The molecule has 3 rings (SSSR count). The Bertz CT molecular complexity index is 1100. The van der Waals surface area contributed by atoms with Gasteiger partial charge in [-0.25, -0.2) is 4.68 Å². The number of nitrogens with zero attached hydrogens (tertiary/aromatic N) is 4. The van der Waals surface area contributed by atoms with Gasteiger partial charge in [-0.1, -0.05) is 11.6 Å². The molecule has 1 amide bonds. The standard InChI is InChI=1S/C18H14ClN5O4/c1-11(18(26)21-15-10-13(19)2-4-16(15)24(27)28)23-17(25)5-3-14(22-23)12-6-8-20-9-7-12/h2-11H,1H3,(H,21,26). The van der Waals surface area contributed by atoms with E-state index in [1.807, 2.05) is 0 Å². The Hall–Kier alpha value is -3.59. The molecule has 2 heterocycles. The fourth-order valence-corrected chi connectivity index (χ4v) is 2.67. The predicted molar refractivity (Wildman–Crippen MR) is 103 cm³/mol. The Morgan fingerprint density at radius 1 is 1.21 bits per heavy atom. The molecule has 1 atom stereocenters. The zero-order chi connectivity index (χ0) is 20.3. The van der Waals surface area contributed by atoms with Gasteiger partial charge < -0.3 is 5.32 Å². The molecule has 9 nitrogen and oxygen atoms in total. The van der Waals surface area contributed by atoms with Gasteiger partial charge in [0.1, 0.15) is 11.7 Å². The zero-order valence-electron chi connectivity index (χ0n) is 14.6. The van der Waals surface area contributed by atoms with Crippen LogP contribution in [-0.2, 0) is 4.79 Å². The fourth-order valence-electron chi connectivity index (χ4n) is 2.50. The minimum Gasteiger partial charge on any atom is -0.318 e. The van der Waals surface area contributed by atoms with E-state index >= 15 is 0 Å². The highest BCUT2D eigenvalue weighted by Crippen LogP contribution is 2.28. The Morgan fingerprint density at radius 3 is 2.61 bits per heavy atom. The molecule has 0 aliphatic heterocycles. The molecular formula is C18H14ClN5O4. The number of hydrogen-bond acceptors (Lipinski definition) is 6. The number of pyridine rings is 1. The summed E-state index contributed by atoms with van der Waals surface area (Å²) in [6, 6.07) is 9.07. The van der Waals surface area contributed by atoms with E-state index in [4.69, 9.17) is 11.6 Å². The summed E-state index contributed by atoms with van der Waals surface area (Å²) >= 11 is 5.87. The van der Waals surface area contributed by atoms with Crippen LogP contribution in [0.5, 0.6) is 0 Å². The number of nitrogens with one attached hydrogen (secondary N) is 1. The number of carbonyl (C=O) groups excluding carboxylic acids is 1. The highest BCUT2D eigenvalue weighted by molar-refractivity contribution is 6.31. The first-order valence-electron chi connectivity index (χ1n) is 8.12. The summed E-state index contributed by atoms with van der Waals surface area (Å²) in [7, 11) is 0. The van der Waals surface area contributed by atoms with Gasteiger partial charge in [0.2, 0.25) is 5.91 Å². The second-order valence-electron chi connectivity index (χ2n) is 5.82. The lowest BCUT2D eigenvalue weighted by atomic mass is 10.2. The molecule has 28 heavy (non-hydrogen) atoms. The number of nitro groups is 1. The van der Waals surface area contributed by atoms with Gasteiger partial charge in [0, 0.05) is 35.1 Å². The molecule has 0 bridgehead atoms. The molecule has 0 spiro atoms. The highest BCUT2D eigenvalue weighted by atomic mass is 35.5. The second kappa shape index (κ2) is 7.97. The van der Waals surface area contributed by atoms with Crippen molar-refractivity contribution in [3.05, 3.63) is 80.3 Å². The van der Waals surface area contributed by atoms with Gasteiger partial charge in [0.25, 0.3) is 11.2 Å². The van der Waals surface area contributed by atoms with E-state index in [9.17, 15) is 19.7 Å². The van der Waals surface area contributed by atoms with Crippen molar-refractivity contribution in [1.82, 2.24) is 14.8 Å². The Morgan fingerprint density at radius 2 is 1.93 bits per heavy atom. The van der Waals surface area contributed by atoms with Crippen LogP contribution in [0.2, 0.25) is 5.02 Å². The Balaban J connectivity index is 1.91. The van der Waals surface area contributed by atoms with Crippen LogP contribution in [0, 0.1) is 10.1 Å². The average Bonchev–Trinajstić information content (AvgIpc) is 2.68. The third kappa shape index (κ3) is 4.04. The van der Waals surface area contributed by atoms with Crippen molar-refractivity contribution in [2.75, 3.05) is 5.32 Å². The highest BCUT2D eigenvalue weighted by Gasteiger charge is 2.22. The average molecular weight is 400 g/mol. The predicted octanol–water partition coefficient (Wildman–Crippen LogP) is 3.07. The quantitative estimate of drug-likeness (QED) is 0.520. The minimum atomic E-state index is -1.02. The summed E-state index contributed by atoms with van der Waals surface area (Å²) in [4.78, 5) is 39.3. The Kier molecular flexibility index (Phi) is 5.46. The summed E-state index contributed by atoms with van der Waals surface area (Å²) in [5.41, 5.74) is 0.349. The molecule has 0 aliphatic carbocycles. The maximum Gasteiger partial charge on any atom is 0.292 e. The molecule has 1 aromatic carbocycles. The number of rotatable bonds is 5. The smallest absolute Gasteiger partial charge is 0.292 e. The fraction of sp³-hybridized carbons (Fsp3) is 0.111. The molecular weight excluding hydrogens is 386 g/mol. The van der Waals surface area contributed by atoms with Crippen molar-refractivity contribution < 1.29 is 9.72 Å². The van der Waals surface area contributed by atoms with Gasteiger partial charge in [-0.2, -0.15) is 5.10 Å². The molecule has 0 fully saturated rings. The van der Waals surface area contributed by atoms with Crippen LogP contribution in [0.3, 0.4) is 0 Å². The van der Waals surface area contributed by atoms with Gasteiger partial charge >= 0.3 is 0 Å². The van der Waals surface area contributed by atoms with Crippen molar-refractivity contribution in [3.63, 3.8) is 0 Å². The summed E-state index contributed by atoms with van der Waals surface area (Å²) in [5, 5.41) is 18.1. The molecule has 1 N–H and O–H groups in total. The molecule has 0 radical (unpaired) electrons. The van der Waals surface area contributed by atoms with Crippen LogP contribution in [-0.4, -0.2) is 25.6 Å². The van der Waals surface area contributed by atoms with Crippen LogP contribution in [0.4, 0.5) is 11.4 Å². The third-order valence-electron chi connectivity index (χ3n) is 3.96. The lowest BCUT2D eigenvalue weighted by molar-refractivity contribution is -0.383. The van der Waals surface area contributed by atoms with Crippen LogP contribution < -0.4 is 10.9 Å². The number of anilines is 1. The summed E-state index contributed by atoms with van der Waals surface area (Å²) in [5.74, 6) is -0.646. The number of benzene rings is 1. The van der Waals surface area contributed by atoms with E-state index in [1.165, 1.54) is 31.2 Å². The minimum absolute atomic E-state index is 0.0623. The monoisotopic (exact) mass is 399 g/mol. The largest absolute Gasteiger partial charge is 0.318 e. The molecule has 0 saturated heterocycles. The van der Waals surface area contributed by atoms with Crippen LogP contribution in [0.1, 0.15) is 13.0 Å². The maximum absolute atomic E-state index is 12.6. The van der Waals surface area contributed by atoms with Crippen LogP contribution >= 0.6 is 11.6 Å². The third-order valence-corrected chi connectivity index (χ3v) is 4.20.